The van der Waals surface area contributed by atoms with Crippen LogP contribution in [-0.4, -0.2) is 9.49 Å². The lowest BCUT2D eigenvalue weighted by Gasteiger charge is -1.97. The van der Waals surface area contributed by atoms with Gasteiger partial charge in [-0.05, 0) is 36.4 Å². The van der Waals surface area contributed by atoms with Crippen molar-refractivity contribution in [1.82, 2.24) is 4.57 Å². The molecule has 24 heavy (non-hydrogen) atoms. The molecule has 1 aromatic heterocycles. The molecule has 0 spiro atoms. The number of rotatable bonds is 3. The van der Waals surface area contributed by atoms with Gasteiger partial charge in [-0.3, -0.25) is 10.1 Å². The molecule has 0 N–H and O–H groups in total. The molecule has 0 aliphatic heterocycles. The highest BCUT2D eigenvalue weighted by atomic mass is 16.6. The van der Waals surface area contributed by atoms with Crippen LogP contribution in [0, 0.1) is 10.1 Å². The summed E-state index contributed by atoms with van der Waals surface area (Å²) in [7, 11) is 0. The van der Waals surface area contributed by atoms with Crippen molar-refractivity contribution in [2.75, 3.05) is 0 Å². The molecule has 1 heterocycles. The zero-order valence-electron chi connectivity index (χ0n) is 12.7. The first-order valence-electron chi connectivity index (χ1n) is 7.56. The molecule has 0 fully saturated rings. The fourth-order valence-electron chi connectivity index (χ4n) is 2.85. The molecule has 0 amide bonds. The van der Waals surface area contributed by atoms with Crippen LogP contribution in [0.5, 0.6) is 0 Å². The Kier molecular flexibility index (Phi) is 3.31. The first kappa shape index (κ1) is 14.1. The van der Waals surface area contributed by atoms with Crippen molar-refractivity contribution in [2.24, 2.45) is 0 Å². The summed E-state index contributed by atoms with van der Waals surface area (Å²) in [6.45, 7) is 0. The number of nitro benzene ring substituents is 1. The van der Waals surface area contributed by atoms with E-state index in [1.807, 2.05) is 59.4 Å². The molecule has 0 aliphatic rings. The molecule has 0 unspecified atom stereocenters. The van der Waals surface area contributed by atoms with Crippen LogP contribution in [0.3, 0.4) is 0 Å². The quantitative estimate of drug-likeness (QED) is 0.328. The van der Waals surface area contributed by atoms with E-state index in [0.29, 0.717) is 0 Å². The molecular weight excluding hydrogens is 302 g/mol. The van der Waals surface area contributed by atoms with Crippen LogP contribution in [0.1, 0.15) is 0 Å². The molecule has 116 valence electrons. The molecule has 0 saturated carbocycles. The second kappa shape index (κ2) is 5.62. The molecule has 0 atom stereocenters. The van der Waals surface area contributed by atoms with Gasteiger partial charge in [0.05, 0.1) is 4.92 Å². The van der Waals surface area contributed by atoms with Gasteiger partial charge >= 0.3 is 0 Å². The molecule has 0 aliphatic carbocycles. The minimum atomic E-state index is -0.387. The van der Waals surface area contributed by atoms with Crippen LogP contribution in [0.2, 0.25) is 0 Å². The second-order valence-corrected chi connectivity index (χ2v) is 5.45. The highest BCUT2D eigenvalue weighted by Gasteiger charge is 2.18. The van der Waals surface area contributed by atoms with Crippen LogP contribution >= 0.6 is 0 Å². The summed E-state index contributed by atoms with van der Waals surface area (Å²) in [6.07, 6.45) is 2.00. The van der Waals surface area contributed by atoms with Gasteiger partial charge in [0.1, 0.15) is 11.4 Å². The second-order valence-electron chi connectivity index (χ2n) is 5.45. The summed E-state index contributed by atoms with van der Waals surface area (Å²) in [5.74, 6) is 0. The lowest BCUT2D eigenvalue weighted by atomic mass is 10.2. The van der Waals surface area contributed by atoms with E-state index >= 15 is 0 Å². The number of imidazole rings is 1. The Morgan fingerprint density at radius 2 is 1.50 bits per heavy atom. The SMILES string of the molecule is O=[N+]([O-])c1ccc(-[n+]2cn(-c3ccccc3)c3ccccc32)cc1. The summed E-state index contributed by atoms with van der Waals surface area (Å²) >= 11 is 0. The van der Waals surface area contributed by atoms with Gasteiger partial charge in [-0.15, -0.1) is 0 Å². The molecule has 0 bridgehead atoms. The number of benzene rings is 3. The van der Waals surface area contributed by atoms with E-state index in [-0.39, 0.29) is 10.6 Å². The van der Waals surface area contributed by atoms with Gasteiger partial charge in [0.15, 0.2) is 11.0 Å². The third-order valence-electron chi connectivity index (χ3n) is 4.00. The van der Waals surface area contributed by atoms with Crippen LogP contribution in [0.15, 0.2) is 85.2 Å². The zero-order chi connectivity index (χ0) is 16.5. The van der Waals surface area contributed by atoms with Gasteiger partial charge in [-0.25, -0.2) is 0 Å². The van der Waals surface area contributed by atoms with E-state index in [1.165, 1.54) is 12.1 Å². The maximum atomic E-state index is 10.8. The summed E-state index contributed by atoms with van der Waals surface area (Å²) in [5, 5.41) is 10.8. The van der Waals surface area contributed by atoms with Crippen molar-refractivity contribution in [3.05, 3.63) is 95.3 Å². The maximum absolute atomic E-state index is 10.8. The van der Waals surface area contributed by atoms with E-state index in [2.05, 4.69) is 10.6 Å². The molecule has 5 heteroatoms. The van der Waals surface area contributed by atoms with Crippen molar-refractivity contribution in [3.8, 4) is 11.4 Å². The molecule has 4 aromatic rings. The van der Waals surface area contributed by atoms with Crippen molar-refractivity contribution >= 4 is 16.7 Å². The molecule has 5 nitrogen and oxygen atoms in total. The van der Waals surface area contributed by atoms with E-state index < -0.39 is 0 Å². The van der Waals surface area contributed by atoms with Crippen molar-refractivity contribution < 1.29 is 9.49 Å². The summed E-state index contributed by atoms with van der Waals surface area (Å²) in [6, 6.07) is 24.7. The van der Waals surface area contributed by atoms with Gasteiger partial charge in [-0.1, -0.05) is 30.3 Å². The molecule has 3 aromatic carbocycles. The lowest BCUT2D eigenvalue weighted by molar-refractivity contribution is -0.567. The van der Waals surface area contributed by atoms with Gasteiger partial charge < -0.3 is 0 Å². The molecular formula is C19H14N3O2+. The lowest BCUT2D eigenvalue weighted by Crippen LogP contribution is -2.28. The van der Waals surface area contributed by atoms with Gasteiger partial charge in [0.2, 0.25) is 0 Å². The van der Waals surface area contributed by atoms with Gasteiger partial charge in [0, 0.05) is 12.1 Å². The van der Waals surface area contributed by atoms with Crippen LogP contribution in [0.4, 0.5) is 5.69 Å². The molecule has 0 radical (unpaired) electrons. The van der Waals surface area contributed by atoms with E-state index in [1.54, 1.807) is 12.1 Å². The highest BCUT2D eigenvalue weighted by molar-refractivity contribution is 5.74. The van der Waals surface area contributed by atoms with E-state index in [9.17, 15) is 10.1 Å². The highest BCUT2D eigenvalue weighted by Crippen LogP contribution is 2.19. The third-order valence-corrected chi connectivity index (χ3v) is 4.00. The zero-order valence-corrected chi connectivity index (χ0v) is 12.7. The number of nitrogens with zero attached hydrogens (tertiary/aromatic N) is 3. The minimum Gasteiger partial charge on any atom is -0.258 e. The Balaban J connectivity index is 1.92. The third kappa shape index (κ3) is 2.32. The van der Waals surface area contributed by atoms with Crippen molar-refractivity contribution in [3.63, 3.8) is 0 Å². The monoisotopic (exact) mass is 316 g/mol. The summed E-state index contributed by atoms with van der Waals surface area (Å²) in [5.41, 5.74) is 4.14. The fourth-order valence-corrected chi connectivity index (χ4v) is 2.85. The molecule has 4 rings (SSSR count). The standard InChI is InChI=1S/C19H14N3O2/c23-22(24)17-12-10-16(11-13-17)21-14-20(15-6-2-1-3-7-15)18-8-4-5-9-19(18)21/h1-14H/q+1. The normalized spacial score (nSPS) is 10.8. The Morgan fingerprint density at radius 3 is 2.21 bits per heavy atom. The smallest absolute Gasteiger partial charge is 0.258 e. The predicted molar refractivity (Wildman–Crippen MR) is 91.5 cm³/mol. The van der Waals surface area contributed by atoms with Crippen LogP contribution in [-0.2, 0) is 0 Å². The number of fused-ring (bicyclic) bond motifs is 1. The fraction of sp³-hybridized carbons (Fsp3) is 0. The number of hydrogen-bond donors (Lipinski definition) is 0. The van der Waals surface area contributed by atoms with E-state index in [4.69, 9.17) is 0 Å². The summed E-state index contributed by atoms with van der Waals surface area (Å²) < 4.78 is 4.14. The Labute approximate surface area is 138 Å². The average Bonchev–Trinajstić information content (AvgIpc) is 3.02. The van der Waals surface area contributed by atoms with Crippen molar-refractivity contribution in [1.29, 1.82) is 0 Å². The van der Waals surface area contributed by atoms with Gasteiger partial charge in [-0.2, -0.15) is 9.13 Å². The van der Waals surface area contributed by atoms with Crippen LogP contribution in [0.25, 0.3) is 22.4 Å². The summed E-state index contributed by atoms with van der Waals surface area (Å²) in [4.78, 5) is 10.5. The van der Waals surface area contributed by atoms with E-state index in [0.717, 1.165) is 22.4 Å². The largest absolute Gasteiger partial charge is 0.269 e. The predicted octanol–water partition coefficient (Wildman–Crippen LogP) is 3.82. The van der Waals surface area contributed by atoms with Crippen molar-refractivity contribution in [2.45, 2.75) is 0 Å². The number of hydrogen-bond acceptors (Lipinski definition) is 2. The Bertz CT molecular complexity index is 1020. The molecule has 0 saturated heterocycles. The number of aromatic nitrogens is 2. The Morgan fingerprint density at radius 1 is 0.833 bits per heavy atom. The first-order valence-corrected chi connectivity index (χ1v) is 7.56. The number of nitro groups is 1. The van der Waals surface area contributed by atoms with Gasteiger partial charge in [0.25, 0.3) is 12.0 Å². The minimum absolute atomic E-state index is 0.0890. The average molecular weight is 316 g/mol. The topological polar surface area (TPSA) is 52.0 Å². The Hall–Kier alpha value is -3.47. The number of para-hydroxylation sites is 3. The number of non-ortho nitro benzene ring substituents is 1. The van der Waals surface area contributed by atoms with Crippen LogP contribution < -0.4 is 4.57 Å². The maximum Gasteiger partial charge on any atom is 0.269 e. The first-order chi connectivity index (χ1) is 11.7.